The van der Waals surface area contributed by atoms with Gasteiger partial charge in [-0.2, -0.15) is 5.10 Å². The highest BCUT2D eigenvalue weighted by atomic mass is 16.3. The summed E-state index contributed by atoms with van der Waals surface area (Å²) in [5, 5.41) is 21.7. The molecule has 1 aromatic carbocycles. The standard InChI is InChI=1S/C26H23N9O/c1-35(2)26(36)30-18-8-17(11-28-12-18)15-5-6-21-19(9-15)24(34-33-21)25-31-22-14-29-13-20(23(22)32-25)16-4-3-7-27-10-16/h3-14,26,30,36H,1-2H3,(H,31,32)(H,33,34). The Bertz CT molecular complexity index is 1670. The molecule has 0 spiro atoms. The van der Waals surface area contributed by atoms with Crippen molar-refractivity contribution in [3.05, 3.63) is 73.6 Å². The number of imidazole rings is 1. The number of hydrogen-bond acceptors (Lipinski definition) is 8. The summed E-state index contributed by atoms with van der Waals surface area (Å²) in [5.41, 5.74) is 7.68. The smallest absolute Gasteiger partial charge is 0.183 e. The van der Waals surface area contributed by atoms with Gasteiger partial charge in [-0.15, -0.1) is 0 Å². The van der Waals surface area contributed by atoms with E-state index in [0.717, 1.165) is 44.2 Å². The first-order valence-corrected chi connectivity index (χ1v) is 11.4. The number of hydrogen-bond donors (Lipinski definition) is 4. The van der Waals surface area contributed by atoms with Crippen molar-refractivity contribution in [2.24, 2.45) is 0 Å². The molecule has 1 unspecified atom stereocenters. The summed E-state index contributed by atoms with van der Waals surface area (Å²) < 4.78 is 0. The number of aliphatic hydroxyl groups is 1. The zero-order valence-corrected chi connectivity index (χ0v) is 19.6. The van der Waals surface area contributed by atoms with Crippen LogP contribution in [0.3, 0.4) is 0 Å². The lowest BCUT2D eigenvalue weighted by Crippen LogP contribution is -2.34. The van der Waals surface area contributed by atoms with Crippen LogP contribution in [-0.2, 0) is 0 Å². The molecule has 0 bridgehead atoms. The van der Waals surface area contributed by atoms with Crippen molar-refractivity contribution >= 4 is 27.6 Å². The second kappa shape index (κ2) is 8.84. The van der Waals surface area contributed by atoms with E-state index in [2.05, 4.69) is 41.5 Å². The van der Waals surface area contributed by atoms with E-state index in [4.69, 9.17) is 4.98 Å². The van der Waals surface area contributed by atoms with E-state index in [1.54, 1.807) is 56.2 Å². The van der Waals surface area contributed by atoms with Gasteiger partial charge in [0, 0.05) is 46.9 Å². The molecule has 0 saturated carbocycles. The number of fused-ring (bicyclic) bond motifs is 2. The fourth-order valence-electron chi connectivity index (χ4n) is 4.11. The number of nitrogens with one attached hydrogen (secondary N) is 3. The normalized spacial score (nSPS) is 12.4. The van der Waals surface area contributed by atoms with Crippen molar-refractivity contribution in [3.63, 3.8) is 0 Å². The average Bonchev–Trinajstić information content (AvgIpc) is 3.53. The zero-order chi connectivity index (χ0) is 24.6. The number of anilines is 1. The van der Waals surface area contributed by atoms with Crippen molar-refractivity contribution < 1.29 is 5.11 Å². The number of benzene rings is 1. The predicted octanol–water partition coefficient (Wildman–Crippen LogP) is 3.87. The Morgan fingerprint density at radius 1 is 0.889 bits per heavy atom. The number of H-pyrrole nitrogens is 2. The molecule has 5 aromatic heterocycles. The Morgan fingerprint density at radius 3 is 2.58 bits per heavy atom. The van der Waals surface area contributed by atoms with Gasteiger partial charge in [0.1, 0.15) is 11.2 Å². The first kappa shape index (κ1) is 21.8. The maximum Gasteiger partial charge on any atom is 0.183 e. The predicted molar refractivity (Wildman–Crippen MR) is 139 cm³/mol. The van der Waals surface area contributed by atoms with Crippen LogP contribution in [0.5, 0.6) is 0 Å². The number of aromatic nitrogens is 7. The molecule has 0 radical (unpaired) electrons. The quantitative estimate of drug-likeness (QED) is 0.266. The Labute approximate surface area is 206 Å². The van der Waals surface area contributed by atoms with Gasteiger partial charge in [0.15, 0.2) is 12.2 Å². The van der Waals surface area contributed by atoms with Crippen LogP contribution in [0.1, 0.15) is 0 Å². The van der Waals surface area contributed by atoms with Crippen LogP contribution < -0.4 is 5.32 Å². The fourth-order valence-corrected chi connectivity index (χ4v) is 4.11. The monoisotopic (exact) mass is 477 g/mol. The summed E-state index contributed by atoms with van der Waals surface area (Å²) in [6.45, 7) is 0. The van der Waals surface area contributed by atoms with Gasteiger partial charge in [0.25, 0.3) is 0 Å². The minimum atomic E-state index is -0.816. The molecule has 0 amide bonds. The summed E-state index contributed by atoms with van der Waals surface area (Å²) in [5.74, 6) is 0.647. The van der Waals surface area contributed by atoms with Gasteiger partial charge in [-0.3, -0.25) is 25.0 Å². The van der Waals surface area contributed by atoms with Crippen molar-refractivity contribution in [2.75, 3.05) is 19.4 Å². The second-order valence-electron chi connectivity index (χ2n) is 8.69. The Balaban J connectivity index is 1.41. The van der Waals surface area contributed by atoms with E-state index in [1.165, 1.54) is 0 Å². The molecule has 10 heteroatoms. The van der Waals surface area contributed by atoms with Crippen LogP contribution >= 0.6 is 0 Å². The van der Waals surface area contributed by atoms with Crippen LogP contribution in [0.4, 0.5) is 5.69 Å². The van der Waals surface area contributed by atoms with Gasteiger partial charge in [-0.05, 0) is 43.9 Å². The van der Waals surface area contributed by atoms with Crippen LogP contribution in [0.25, 0.3) is 55.7 Å². The van der Waals surface area contributed by atoms with Crippen LogP contribution in [0.2, 0.25) is 0 Å². The summed E-state index contributed by atoms with van der Waals surface area (Å²) in [4.78, 5) is 22.9. The molecular weight excluding hydrogens is 454 g/mol. The lowest BCUT2D eigenvalue weighted by molar-refractivity contribution is 0.0659. The summed E-state index contributed by atoms with van der Waals surface area (Å²) >= 11 is 0. The van der Waals surface area contributed by atoms with E-state index in [1.807, 2.05) is 30.3 Å². The Hall–Kier alpha value is -4.67. The number of rotatable bonds is 6. The molecule has 1 atom stereocenters. The maximum absolute atomic E-state index is 10.1. The highest BCUT2D eigenvalue weighted by Crippen LogP contribution is 2.33. The third kappa shape index (κ3) is 3.94. The molecule has 0 aliphatic carbocycles. The lowest BCUT2D eigenvalue weighted by atomic mass is 10.0. The van der Waals surface area contributed by atoms with Gasteiger partial charge < -0.3 is 15.4 Å². The first-order chi connectivity index (χ1) is 17.6. The topological polar surface area (TPSA) is 132 Å². The van der Waals surface area contributed by atoms with Gasteiger partial charge in [-0.1, -0.05) is 12.1 Å². The van der Waals surface area contributed by atoms with Crippen molar-refractivity contribution in [2.45, 2.75) is 6.35 Å². The van der Waals surface area contributed by atoms with E-state index < -0.39 is 6.35 Å². The van der Waals surface area contributed by atoms with E-state index >= 15 is 0 Å². The third-order valence-electron chi connectivity index (χ3n) is 6.01. The fraction of sp³-hybridized carbons (Fsp3) is 0.115. The van der Waals surface area contributed by atoms with Gasteiger partial charge in [0.2, 0.25) is 0 Å². The van der Waals surface area contributed by atoms with Gasteiger partial charge in [-0.25, -0.2) is 4.98 Å². The highest BCUT2D eigenvalue weighted by molar-refractivity contribution is 5.98. The molecular formula is C26H23N9O. The molecule has 6 rings (SSSR count). The third-order valence-corrected chi connectivity index (χ3v) is 6.01. The lowest BCUT2D eigenvalue weighted by Gasteiger charge is -2.20. The minimum absolute atomic E-state index is 0.647. The molecule has 0 aliphatic heterocycles. The van der Waals surface area contributed by atoms with E-state index in [0.29, 0.717) is 17.2 Å². The van der Waals surface area contributed by atoms with Crippen molar-refractivity contribution in [1.82, 2.24) is 40.0 Å². The molecule has 36 heavy (non-hydrogen) atoms. The van der Waals surface area contributed by atoms with Crippen molar-refractivity contribution in [3.8, 4) is 33.8 Å². The zero-order valence-electron chi connectivity index (χ0n) is 19.6. The number of aliphatic hydroxyl groups excluding tert-OH is 1. The first-order valence-electron chi connectivity index (χ1n) is 11.4. The van der Waals surface area contributed by atoms with E-state index in [-0.39, 0.29) is 0 Å². The van der Waals surface area contributed by atoms with Crippen molar-refractivity contribution in [1.29, 1.82) is 0 Å². The van der Waals surface area contributed by atoms with Gasteiger partial charge >= 0.3 is 0 Å². The molecule has 0 aliphatic rings. The molecule has 4 N–H and O–H groups in total. The maximum atomic E-state index is 10.1. The average molecular weight is 478 g/mol. The summed E-state index contributed by atoms with van der Waals surface area (Å²) in [6.07, 6.45) is 9.76. The SMILES string of the molecule is CN(C)C(O)Nc1cncc(-c2ccc3[nH]nc(-c4nc5c(-c6cccnc6)cncc5[nH]4)c3c2)c1. The number of pyridine rings is 3. The molecule has 178 valence electrons. The van der Waals surface area contributed by atoms with Crippen LogP contribution in [0, 0.1) is 0 Å². The molecule has 0 fully saturated rings. The Morgan fingerprint density at radius 2 is 1.75 bits per heavy atom. The summed E-state index contributed by atoms with van der Waals surface area (Å²) in [7, 11) is 3.58. The van der Waals surface area contributed by atoms with Gasteiger partial charge in [0.05, 0.1) is 29.1 Å². The summed E-state index contributed by atoms with van der Waals surface area (Å²) in [6, 6.07) is 11.9. The minimum Gasteiger partial charge on any atom is -0.361 e. The Kier molecular flexibility index (Phi) is 5.36. The second-order valence-corrected chi connectivity index (χ2v) is 8.69. The number of aromatic amines is 2. The molecule has 0 saturated heterocycles. The molecule has 10 nitrogen and oxygen atoms in total. The van der Waals surface area contributed by atoms with E-state index in [9.17, 15) is 5.11 Å². The molecule has 6 aromatic rings. The van der Waals surface area contributed by atoms with Crippen LogP contribution in [-0.4, -0.2) is 65.6 Å². The molecule has 5 heterocycles. The van der Waals surface area contributed by atoms with Crippen LogP contribution in [0.15, 0.2) is 73.6 Å². The number of nitrogens with zero attached hydrogens (tertiary/aromatic N) is 6. The highest BCUT2D eigenvalue weighted by Gasteiger charge is 2.16. The largest absolute Gasteiger partial charge is 0.361 e.